The third kappa shape index (κ3) is 4.52. The van der Waals surface area contributed by atoms with E-state index in [-0.39, 0.29) is 5.75 Å². The van der Waals surface area contributed by atoms with Crippen LogP contribution >= 0.6 is 0 Å². The van der Waals surface area contributed by atoms with Crippen LogP contribution in [0.4, 0.5) is 23.2 Å². The maximum absolute atomic E-state index is 14.7. The third-order valence-electron chi connectivity index (χ3n) is 4.92. The quantitative estimate of drug-likeness (QED) is 0.266. The molecule has 0 spiro atoms. The van der Waals surface area contributed by atoms with E-state index in [0.29, 0.717) is 40.3 Å². The summed E-state index contributed by atoms with van der Waals surface area (Å²) in [6.07, 6.45) is 1.45. The number of halogens is 4. The number of hydrogen-bond acceptors (Lipinski definition) is 6. The highest BCUT2D eigenvalue weighted by Crippen LogP contribution is 2.39. The monoisotopic (exact) mass is 508 g/mol. The van der Waals surface area contributed by atoms with Gasteiger partial charge in [0.05, 0.1) is 19.9 Å². The third-order valence-corrected chi connectivity index (χ3v) is 6.30. The standard InChI is InChI=1S/C23H16F4N2O5S/c1-32-18-7-4-13-17(9-10-28-22(13)23(18)33-2)34-12-3-6-16(15(25)11-12)29-35(30,31)19-8-5-14(24)20(26)21(19)27/h3-11,29H,1-2H3. The number of hydrogen-bond donors (Lipinski definition) is 1. The van der Waals surface area contributed by atoms with Gasteiger partial charge < -0.3 is 14.2 Å². The molecule has 0 aliphatic carbocycles. The Morgan fingerprint density at radius 1 is 0.829 bits per heavy atom. The Morgan fingerprint density at radius 2 is 1.60 bits per heavy atom. The van der Waals surface area contributed by atoms with E-state index < -0.39 is 43.9 Å². The van der Waals surface area contributed by atoms with Crippen molar-refractivity contribution in [3.05, 3.63) is 78.0 Å². The van der Waals surface area contributed by atoms with Gasteiger partial charge in [0.1, 0.15) is 21.9 Å². The van der Waals surface area contributed by atoms with Crippen molar-refractivity contribution >= 4 is 26.6 Å². The summed E-state index contributed by atoms with van der Waals surface area (Å²) < 4.78 is 98.2. The topological polar surface area (TPSA) is 86.8 Å². The normalized spacial score (nSPS) is 11.4. The number of benzene rings is 3. The van der Waals surface area contributed by atoms with Gasteiger partial charge in [-0.1, -0.05) is 0 Å². The highest BCUT2D eigenvalue weighted by Gasteiger charge is 2.25. The van der Waals surface area contributed by atoms with Crippen molar-refractivity contribution in [2.24, 2.45) is 0 Å². The van der Waals surface area contributed by atoms with E-state index in [1.807, 2.05) is 4.72 Å². The number of anilines is 1. The van der Waals surface area contributed by atoms with Crippen molar-refractivity contribution < 1.29 is 40.2 Å². The summed E-state index contributed by atoms with van der Waals surface area (Å²) in [6, 6.07) is 9.02. The number of aromatic nitrogens is 1. The van der Waals surface area contributed by atoms with Crippen LogP contribution in [0.1, 0.15) is 0 Å². The van der Waals surface area contributed by atoms with Crippen molar-refractivity contribution in [3.8, 4) is 23.0 Å². The lowest BCUT2D eigenvalue weighted by Crippen LogP contribution is -2.16. The number of fused-ring (bicyclic) bond motifs is 1. The van der Waals surface area contributed by atoms with Crippen molar-refractivity contribution in [2.75, 3.05) is 18.9 Å². The van der Waals surface area contributed by atoms with Gasteiger partial charge in [-0.15, -0.1) is 0 Å². The van der Waals surface area contributed by atoms with Crippen LogP contribution in [-0.4, -0.2) is 27.6 Å². The molecule has 0 aliphatic heterocycles. The average Bonchev–Trinajstić information content (AvgIpc) is 2.83. The fourth-order valence-electron chi connectivity index (χ4n) is 3.28. The van der Waals surface area contributed by atoms with Crippen LogP contribution in [0.25, 0.3) is 10.9 Å². The predicted molar refractivity (Wildman–Crippen MR) is 118 cm³/mol. The van der Waals surface area contributed by atoms with Crippen LogP contribution in [0.5, 0.6) is 23.0 Å². The van der Waals surface area contributed by atoms with E-state index in [1.54, 1.807) is 12.1 Å². The maximum Gasteiger partial charge on any atom is 0.265 e. The molecule has 7 nitrogen and oxygen atoms in total. The SMILES string of the molecule is COc1ccc2c(Oc3ccc(NS(=O)(=O)c4ccc(F)c(F)c4F)c(F)c3)ccnc2c1OC. The molecular formula is C23H16F4N2O5S. The Kier molecular flexibility index (Phi) is 6.39. The van der Waals surface area contributed by atoms with Gasteiger partial charge in [0, 0.05) is 17.6 Å². The van der Waals surface area contributed by atoms with Gasteiger partial charge in [-0.05, 0) is 42.5 Å². The van der Waals surface area contributed by atoms with Gasteiger partial charge >= 0.3 is 0 Å². The largest absolute Gasteiger partial charge is 0.493 e. The molecule has 1 heterocycles. The van der Waals surface area contributed by atoms with Crippen LogP contribution in [0.15, 0.2) is 59.6 Å². The number of rotatable bonds is 7. The van der Waals surface area contributed by atoms with Crippen LogP contribution in [0, 0.1) is 23.3 Å². The Morgan fingerprint density at radius 3 is 2.29 bits per heavy atom. The molecule has 0 radical (unpaired) electrons. The molecule has 0 unspecified atom stereocenters. The number of nitrogens with one attached hydrogen (secondary N) is 1. The Hall–Kier alpha value is -4.06. The Balaban J connectivity index is 1.63. The first-order valence-corrected chi connectivity index (χ1v) is 11.3. The molecule has 0 atom stereocenters. The zero-order valence-electron chi connectivity index (χ0n) is 18.1. The highest BCUT2D eigenvalue weighted by atomic mass is 32.2. The van der Waals surface area contributed by atoms with Crippen LogP contribution in [-0.2, 0) is 10.0 Å². The van der Waals surface area contributed by atoms with Gasteiger partial charge in [-0.3, -0.25) is 9.71 Å². The number of methoxy groups -OCH3 is 2. The lowest BCUT2D eigenvalue weighted by molar-refractivity contribution is 0.358. The Labute approximate surface area is 196 Å². The van der Waals surface area contributed by atoms with Crippen molar-refractivity contribution in [3.63, 3.8) is 0 Å². The molecule has 0 saturated carbocycles. The predicted octanol–water partition coefficient (Wildman–Crippen LogP) is 5.40. The fraction of sp³-hybridized carbons (Fsp3) is 0.0870. The summed E-state index contributed by atoms with van der Waals surface area (Å²) in [5.41, 5.74) is -0.129. The van der Waals surface area contributed by atoms with E-state index >= 15 is 0 Å². The van der Waals surface area contributed by atoms with E-state index in [0.717, 1.165) is 12.1 Å². The lowest BCUT2D eigenvalue weighted by atomic mass is 10.1. The molecule has 12 heteroatoms. The zero-order valence-corrected chi connectivity index (χ0v) is 18.9. The molecule has 1 aromatic heterocycles. The van der Waals surface area contributed by atoms with Gasteiger partial charge in [0.15, 0.2) is 34.8 Å². The summed E-state index contributed by atoms with van der Waals surface area (Å²) in [6.45, 7) is 0. The van der Waals surface area contributed by atoms with Gasteiger partial charge in [-0.2, -0.15) is 0 Å². The zero-order chi connectivity index (χ0) is 25.3. The summed E-state index contributed by atoms with van der Waals surface area (Å²) in [4.78, 5) is 3.09. The maximum atomic E-state index is 14.7. The summed E-state index contributed by atoms with van der Waals surface area (Å²) in [5.74, 6) is -5.38. The highest BCUT2D eigenvalue weighted by molar-refractivity contribution is 7.92. The van der Waals surface area contributed by atoms with Crippen LogP contribution < -0.4 is 18.9 Å². The van der Waals surface area contributed by atoms with Gasteiger partial charge in [0.2, 0.25) is 0 Å². The first-order chi connectivity index (χ1) is 16.7. The number of pyridine rings is 1. The molecule has 0 bridgehead atoms. The second-order valence-electron chi connectivity index (χ2n) is 7.03. The molecule has 0 fully saturated rings. The first kappa shape index (κ1) is 24.1. The Bertz CT molecular complexity index is 1550. The molecule has 182 valence electrons. The second kappa shape index (κ2) is 9.29. The molecule has 0 saturated heterocycles. The average molecular weight is 508 g/mol. The van der Waals surface area contributed by atoms with E-state index in [9.17, 15) is 26.0 Å². The minimum atomic E-state index is -4.77. The minimum absolute atomic E-state index is 0.00624. The smallest absolute Gasteiger partial charge is 0.265 e. The minimum Gasteiger partial charge on any atom is -0.493 e. The van der Waals surface area contributed by atoms with Crippen molar-refractivity contribution in [1.82, 2.24) is 4.98 Å². The molecule has 4 rings (SSSR count). The van der Waals surface area contributed by atoms with Crippen molar-refractivity contribution in [2.45, 2.75) is 4.90 Å². The van der Waals surface area contributed by atoms with Crippen molar-refractivity contribution in [1.29, 1.82) is 0 Å². The molecule has 0 aliphatic rings. The second-order valence-corrected chi connectivity index (χ2v) is 8.68. The van der Waals surface area contributed by atoms with Gasteiger partial charge in [0.25, 0.3) is 10.0 Å². The fourth-order valence-corrected chi connectivity index (χ4v) is 4.42. The molecule has 35 heavy (non-hydrogen) atoms. The number of ether oxygens (including phenoxy) is 3. The lowest BCUT2D eigenvalue weighted by Gasteiger charge is -2.14. The number of sulfonamides is 1. The van der Waals surface area contributed by atoms with E-state index in [4.69, 9.17) is 14.2 Å². The molecule has 0 amide bonds. The number of nitrogens with zero attached hydrogens (tertiary/aromatic N) is 1. The summed E-state index contributed by atoms with van der Waals surface area (Å²) in [5, 5.41) is 0.532. The van der Waals surface area contributed by atoms with Crippen LogP contribution in [0.2, 0.25) is 0 Å². The summed E-state index contributed by atoms with van der Waals surface area (Å²) in [7, 11) is -1.84. The molecular weight excluding hydrogens is 492 g/mol. The molecule has 3 aromatic carbocycles. The summed E-state index contributed by atoms with van der Waals surface area (Å²) >= 11 is 0. The van der Waals surface area contributed by atoms with Gasteiger partial charge in [-0.25, -0.2) is 26.0 Å². The molecule has 1 N–H and O–H groups in total. The molecule has 4 aromatic rings. The van der Waals surface area contributed by atoms with Crippen LogP contribution in [0.3, 0.4) is 0 Å². The van der Waals surface area contributed by atoms with E-state index in [1.165, 1.54) is 32.5 Å². The van der Waals surface area contributed by atoms with E-state index in [2.05, 4.69) is 4.98 Å². The first-order valence-electron chi connectivity index (χ1n) is 9.79.